The predicted molar refractivity (Wildman–Crippen MR) is 68.8 cm³/mol. The van der Waals surface area contributed by atoms with Crippen molar-refractivity contribution in [2.45, 2.75) is 13.5 Å². The second kappa shape index (κ2) is 5.42. The molecule has 2 rings (SSSR count). The number of nitrogens with zero attached hydrogens (tertiary/aromatic N) is 3. The Morgan fingerprint density at radius 3 is 3.06 bits per heavy atom. The highest BCUT2D eigenvalue weighted by molar-refractivity contribution is 5.92. The average molecular weight is 245 g/mol. The summed E-state index contributed by atoms with van der Waals surface area (Å²) in [5.41, 5.74) is 6.87. The van der Waals surface area contributed by atoms with Gasteiger partial charge in [-0.05, 0) is 19.1 Å². The molecule has 1 amide bonds. The summed E-state index contributed by atoms with van der Waals surface area (Å²) in [4.78, 5) is 11.2. The van der Waals surface area contributed by atoms with Gasteiger partial charge >= 0.3 is 0 Å². The van der Waals surface area contributed by atoms with Crippen molar-refractivity contribution in [2.24, 2.45) is 5.73 Å². The van der Waals surface area contributed by atoms with Crippen molar-refractivity contribution in [3.63, 3.8) is 0 Å². The number of carbonyl (C=O) groups is 1. The minimum Gasteiger partial charge on any atom is -0.325 e. The highest BCUT2D eigenvalue weighted by atomic mass is 16.1. The average Bonchev–Trinajstić information content (AvgIpc) is 2.87. The van der Waals surface area contributed by atoms with Gasteiger partial charge in [0.25, 0.3) is 0 Å². The summed E-state index contributed by atoms with van der Waals surface area (Å²) in [7, 11) is 0. The molecule has 6 nitrogen and oxygen atoms in total. The molecule has 0 atom stereocenters. The number of anilines is 1. The van der Waals surface area contributed by atoms with Crippen LogP contribution in [-0.2, 0) is 11.3 Å². The minimum atomic E-state index is -0.218. The normalized spacial score (nSPS) is 10.3. The lowest BCUT2D eigenvalue weighted by molar-refractivity contribution is -0.114. The lowest BCUT2D eigenvalue weighted by atomic mass is 10.2. The number of hydrogen-bond acceptors (Lipinski definition) is 4. The van der Waals surface area contributed by atoms with Crippen molar-refractivity contribution >= 4 is 11.6 Å². The summed E-state index contributed by atoms with van der Waals surface area (Å²) >= 11 is 0. The minimum absolute atomic E-state index is 0.0324. The van der Waals surface area contributed by atoms with E-state index in [0.717, 1.165) is 17.9 Å². The molecule has 3 N–H and O–H groups in total. The van der Waals surface area contributed by atoms with Gasteiger partial charge < -0.3 is 15.6 Å². The molecular formula is C12H15N5O. The molecule has 0 unspecified atom stereocenters. The molecule has 0 aliphatic carbocycles. The van der Waals surface area contributed by atoms with Gasteiger partial charge in [-0.2, -0.15) is 0 Å². The van der Waals surface area contributed by atoms with Gasteiger partial charge in [-0.1, -0.05) is 12.1 Å². The van der Waals surface area contributed by atoms with E-state index in [9.17, 15) is 4.79 Å². The van der Waals surface area contributed by atoms with Crippen LogP contribution in [0.1, 0.15) is 6.92 Å². The number of aromatic nitrogens is 3. The Labute approximate surface area is 105 Å². The molecule has 0 fully saturated rings. The fourth-order valence-corrected chi connectivity index (χ4v) is 1.66. The number of nitrogens with two attached hydrogens (primary N) is 1. The van der Waals surface area contributed by atoms with Gasteiger partial charge in [-0.15, -0.1) is 10.2 Å². The van der Waals surface area contributed by atoms with Gasteiger partial charge in [-0.25, -0.2) is 0 Å². The van der Waals surface area contributed by atoms with Crippen LogP contribution in [0, 0.1) is 0 Å². The third kappa shape index (κ3) is 2.54. The molecule has 0 aliphatic rings. The largest absolute Gasteiger partial charge is 0.325 e. The Morgan fingerprint density at radius 2 is 2.33 bits per heavy atom. The third-order valence-electron chi connectivity index (χ3n) is 2.55. The molecule has 2 aromatic rings. The predicted octanol–water partition coefficient (Wildman–Crippen LogP) is 0.862. The Morgan fingerprint density at radius 1 is 1.50 bits per heavy atom. The molecule has 94 valence electrons. The highest BCUT2D eigenvalue weighted by Gasteiger charge is 2.07. The summed E-state index contributed by atoms with van der Waals surface area (Å²) in [6, 6.07) is 7.44. The molecule has 0 radical (unpaired) electrons. The first kappa shape index (κ1) is 12.3. The van der Waals surface area contributed by atoms with E-state index in [1.165, 1.54) is 0 Å². The quantitative estimate of drug-likeness (QED) is 0.836. The Kier molecular flexibility index (Phi) is 3.69. The van der Waals surface area contributed by atoms with E-state index >= 15 is 0 Å². The zero-order chi connectivity index (χ0) is 13.0. The first-order valence-corrected chi connectivity index (χ1v) is 5.72. The van der Waals surface area contributed by atoms with Crippen LogP contribution in [0.4, 0.5) is 5.69 Å². The van der Waals surface area contributed by atoms with Crippen molar-refractivity contribution in [1.29, 1.82) is 0 Å². The van der Waals surface area contributed by atoms with E-state index in [2.05, 4.69) is 15.5 Å². The summed E-state index contributed by atoms with van der Waals surface area (Å²) < 4.78 is 1.93. The van der Waals surface area contributed by atoms with Crippen molar-refractivity contribution in [3.8, 4) is 11.4 Å². The van der Waals surface area contributed by atoms with Crippen molar-refractivity contribution in [3.05, 3.63) is 30.6 Å². The Hall–Kier alpha value is -2.21. The number of hydrogen-bond donors (Lipinski definition) is 2. The number of carbonyl (C=O) groups excluding carboxylic acids is 1. The molecular weight excluding hydrogens is 230 g/mol. The van der Waals surface area contributed by atoms with Crippen LogP contribution in [0.15, 0.2) is 30.6 Å². The van der Waals surface area contributed by atoms with E-state index in [1.54, 1.807) is 6.33 Å². The Bertz CT molecular complexity index is 549. The fraction of sp³-hybridized carbons (Fsp3) is 0.250. The van der Waals surface area contributed by atoms with Gasteiger partial charge in [0, 0.05) is 17.8 Å². The molecule has 1 heterocycles. The molecule has 18 heavy (non-hydrogen) atoms. The summed E-state index contributed by atoms with van der Waals surface area (Å²) in [5, 5.41) is 10.7. The first-order chi connectivity index (χ1) is 8.74. The summed E-state index contributed by atoms with van der Waals surface area (Å²) in [6.07, 6.45) is 1.68. The van der Waals surface area contributed by atoms with E-state index in [1.807, 2.05) is 35.8 Å². The van der Waals surface area contributed by atoms with Gasteiger partial charge in [0.05, 0.1) is 6.54 Å². The maximum atomic E-state index is 11.2. The molecule has 6 heteroatoms. The van der Waals surface area contributed by atoms with E-state index in [0.29, 0.717) is 5.69 Å². The number of rotatable bonds is 4. The van der Waals surface area contributed by atoms with E-state index in [4.69, 9.17) is 5.73 Å². The zero-order valence-corrected chi connectivity index (χ0v) is 10.1. The lowest BCUT2D eigenvalue weighted by Crippen LogP contribution is -2.21. The van der Waals surface area contributed by atoms with Crippen LogP contribution < -0.4 is 11.1 Å². The van der Waals surface area contributed by atoms with Crippen molar-refractivity contribution in [1.82, 2.24) is 14.8 Å². The van der Waals surface area contributed by atoms with Gasteiger partial charge in [0.1, 0.15) is 6.33 Å². The summed E-state index contributed by atoms with van der Waals surface area (Å²) in [6.45, 7) is 2.78. The molecule has 0 saturated carbocycles. The topological polar surface area (TPSA) is 85.8 Å². The molecule has 0 bridgehead atoms. The van der Waals surface area contributed by atoms with Gasteiger partial charge in [-0.3, -0.25) is 4.79 Å². The number of amides is 1. The molecule has 1 aromatic heterocycles. The second-order valence-corrected chi connectivity index (χ2v) is 3.77. The standard InChI is InChI=1S/C12H15N5O/c1-2-17-8-14-16-12(17)9-4-3-5-10(6-9)15-11(18)7-13/h3-6,8H,2,7,13H2,1H3,(H,15,18). The highest BCUT2D eigenvalue weighted by Crippen LogP contribution is 2.20. The van der Waals surface area contributed by atoms with Crippen LogP contribution in [-0.4, -0.2) is 27.2 Å². The monoisotopic (exact) mass is 245 g/mol. The molecule has 0 saturated heterocycles. The van der Waals surface area contributed by atoms with Gasteiger partial charge in [0.15, 0.2) is 5.82 Å². The third-order valence-corrected chi connectivity index (χ3v) is 2.55. The van der Waals surface area contributed by atoms with Gasteiger partial charge in [0.2, 0.25) is 5.91 Å². The second-order valence-electron chi connectivity index (χ2n) is 3.77. The maximum absolute atomic E-state index is 11.2. The number of aryl methyl sites for hydroxylation is 1. The first-order valence-electron chi connectivity index (χ1n) is 5.72. The van der Waals surface area contributed by atoms with Crippen LogP contribution >= 0.6 is 0 Å². The van der Waals surface area contributed by atoms with Crippen LogP contribution in [0.5, 0.6) is 0 Å². The van der Waals surface area contributed by atoms with Crippen molar-refractivity contribution < 1.29 is 4.79 Å². The molecule has 0 spiro atoms. The number of benzene rings is 1. The van der Waals surface area contributed by atoms with Crippen molar-refractivity contribution in [2.75, 3.05) is 11.9 Å². The van der Waals surface area contributed by atoms with E-state index in [-0.39, 0.29) is 12.5 Å². The van der Waals surface area contributed by atoms with Crippen LogP contribution in [0.25, 0.3) is 11.4 Å². The SMILES string of the molecule is CCn1cnnc1-c1cccc(NC(=O)CN)c1. The lowest BCUT2D eigenvalue weighted by Gasteiger charge is -2.07. The number of nitrogens with one attached hydrogen (secondary N) is 1. The maximum Gasteiger partial charge on any atom is 0.238 e. The van der Waals surface area contributed by atoms with Crippen LogP contribution in [0.3, 0.4) is 0 Å². The molecule has 1 aromatic carbocycles. The zero-order valence-electron chi connectivity index (χ0n) is 10.1. The summed E-state index contributed by atoms with van der Waals surface area (Å²) in [5.74, 6) is 0.561. The van der Waals surface area contributed by atoms with Crippen LogP contribution in [0.2, 0.25) is 0 Å². The fourth-order valence-electron chi connectivity index (χ4n) is 1.66. The molecule has 0 aliphatic heterocycles. The smallest absolute Gasteiger partial charge is 0.238 e. The van der Waals surface area contributed by atoms with E-state index < -0.39 is 0 Å². The Balaban J connectivity index is 2.30.